The summed E-state index contributed by atoms with van der Waals surface area (Å²) in [5.74, 6) is 0.839. The first kappa shape index (κ1) is 9.40. The van der Waals surface area contributed by atoms with Gasteiger partial charge in [-0.2, -0.15) is 0 Å². The van der Waals surface area contributed by atoms with Crippen molar-refractivity contribution in [1.29, 1.82) is 0 Å². The second-order valence-corrected chi connectivity index (χ2v) is 3.95. The summed E-state index contributed by atoms with van der Waals surface area (Å²) in [5.41, 5.74) is 1.10. The van der Waals surface area contributed by atoms with Gasteiger partial charge in [0.15, 0.2) is 5.11 Å². The quantitative estimate of drug-likeness (QED) is 0.726. The maximum absolute atomic E-state index is 5.15. The van der Waals surface area contributed by atoms with E-state index in [0.29, 0.717) is 11.2 Å². The number of anilines is 1. The Labute approximate surface area is 88.9 Å². The molecule has 1 aromatic heterocycles. The maximum atomic E-state index is 5.15. The summed E-state index contributed by atoms with van der Waals surface area (Å²) in [6.07, 6.45) is 4.21. The first-order chi connectivity index (χ1) is 6.75. The predicted octanol–water partition coefficient (Wildman–Crippen LogP) is 1.84. The van der Waals surface area contributed by atoms with Gasteiger partial charge in [-0.25, -0.2) is 4.98 Å². The normalized spacial score (nSPS) is 14.9. The van der Waals surface area contributed by atoms with Crippen LogP contribution in [0.2, 0.25) is 0 Å². The summed E-state index contributed by atoms with van der Waals surface area (Å²) in [4.78, 5) is 4.21. The molecule has 1 heterocycles. The highest BCUT2D eigenvalue weighted by Crippen LogP contribution is 2.19. The van der Waals surface area contributed by atoms with Gasteiger partial charge in [0.05, 0.1) is 0 Å². The van der Waals surface area contributed by atoms with Crippen molar-refractivity contribution in [3.63, 3.8) is 0 Å². The van der Waals surface area contributed by atoms with E-state index in [4.69, 9.17) is 12.2 Å². The third kappa shape index (κ3) is 2.42. The first-order valence-corrected chi connectivity index (χ1v) is 5.15. The van der Waals surface area contributed by atoms with Gasteiger partial charge in [0.25, 0.3) is 0 Å². The van der Waals surface area contributed by atoms with E-state index in [9.17, 15) is 0 Å². The molecule has 14 heavy (non-hydrogen) atoms. The van der Waals surface area contributed by atoms with Gasteiger partial charge in [0.2, 0.25) is 0 Å². The Morgan fingerprint density at radius 2 is 2.36 bits per heavy atom. The highest BCUT2D eigenvalue weighted by atomic mass is 32.1. The van der Waals surface area contributed by atoms with Gasteiger partial charge < -0.3 is 10.6 Å². The van der Waals surface area contributed by atoms with Crippen LogP contribution in [-0.4, -0.2) is 16.1 Å². The predicted molar refractivity (Wildman–Crippen MR) is 61.4 cm³/mol. The number of nitrogens with one attached hydrogen (secondary N) is 2. The van der Waals surface area contributed by atoms with Crippen LogP contribution < -0.4 is 10.6 Å². The van der Waals surface area contributed by atoms with Crippen LogP contribution in [0.15, 0.2) is 18.3 Å². The summed E-state index contributed by atoms with van der Waals surface area (Å²) in [6, 6.07) is 4.51. The average molecular weight is 207 g/mol. The SMILES string of the molecule is Cc1cccnc1NC(=S)NC1CC1. The Kier molecular flexibility index (Phi) is 2.63. The van der Waals surface area contributed by atoms with Gasteiger partial charge in [-0.15, -0.1) is 0 Å². The number of rotatable bonds is 2. The largest absolute Gasteiger partial charge is 0.360 e. The molecule has 0 atom stereocenters. The Hall–Kier alpha value is -1.16. The number of pyridine rings is 1. The minimum absolute atomic E-state index is 0.582. The standard InChI is InChI=1S/C10H13N3S/c1-7-3-2-6-11-9(7)13-10(14)12-8-4-5-8/h2-3,6,8H,4-5H2,1H3,(H2,11,12,13,14). The fourth-order valence-electron chi connectivity index (χ4n) is 1.17. The van der Waals surface area contributed by atoms with Gasteiger partial charge in [-0.05, 0) is 43.6 Å². The summed E-state index contributed by atoms with van der Waals surface area (Å²) >= 11 is 5.15. The molecule has 74 valence electrons. The zero-order valence-corrected chi connectivity index (χ0v) is 8.90. The Morgan fingerprint density at radius 3 is 3.00 bits per heavy atom. The summed E-state index contributed by atoms with van der Waals surface area (Å²) in [7, 11) is 0. The minimum atomic E-state index is 0.582. The molecule has 1 aromatic rings. The molecule has 0 radical (unpaired) electrons. The highest BCUT2D eigenvalue weighted by Gasteiger charge is 2.21. The van der Waals surface area contributed by atoms with Crippen LogP contribution in [0.3, 0.4) is 0 Å². The van der Waals surface area contributed by atoms with Crippen molar-refractivity contribution >= 4 is 23.1 Å². The molecular weight excluding hydrogens is 194 g/mol. The molecule has 3 nitrogen and oxygen atoms in total. The van der Waals surface area contributed by atoms with Crippen LogP contribution >= 0.6 is 12.2 Å². The van der Waals surface area contributed by atoms with Crippen molar-refractivity contribution in [2.45, 2.75) is 25.8 Å². The highest BCUT2D eigenvalue weighted by molar-refractivity contribution is 7.80. The average Bonchev–Trinajstić information content (AvgIpc) is 2.93. The molecule has 0 saturated heterocycles. The van der Waals surface area contributed by atoms with Crippen molar-refractivity contribution in [2.24, 2.45) is 0 Å². The molecule has 0 aromatic carbocycles. The van der Waals surface area contributed by atoms with E-state index in [1.54, 1.807) is 6.20 Å². The van der Waals surface area contributed by atoms with E-state index < -0.39 is 0 Å². The van der Waals surface area contributed by atoms with Crippen LogP contribution in [0, 0.1) is 6.92 Å². The number of aromatic nitrogens is 1. The molecule has 2 rings (SSSR count). The molecule has 1 fully saturated rings. The van der Waals surface area contributed by atoms with Crippen LogP contribution in [0.5, 0.6) is 0 Å². The molecule has 2 N–H and O–H groups in total. The van der Waals surface area contributed by atoms with Crippen LogP contribution in [0.25, 0.3) is 0 Å². The Balaban J connectivity index is 1.95. The third-order valence-electron chi connectivity index (χ3n) is 2.15. The van der Waals surface area contributed by atoms with E-state index in [1.807, 2.05) is 19.1 Å². The van der Waals surface area contributed by atoms with Crippen LogP contribution in [-0.2, 0) is 0 Å². The Bertz CT molecular complexity index is 347. The molecule has 0 aliphatic heterocycles. The third-order valence-corrected chi connectivity index (χ3v) is 2.37. The summed E-state index contributed by atoms with van der Waals surface area (Å²) < 4.78 is 0. The van der Waals surface area contributed by atoms with E-state index in [1.165, 1.54) is 12.8 Å². The summed E-state index contributed by atoms with van der Waals surface area (Å²) in [5, 5.41) is 6.98. The van der Waals surface area contributed by atoms with Crippen molar-refractivity contribution in [2.75, 3.05) is 5.32 Å². The molecule has 0 amide bonds. The number of thiocarbonyl (C=S) groups is 1. The number of nitrogens with zero attached hydrogens (tertiary/aromatic N) is 1. The van der Waals surface area contributed by atoms with Crippen molar-refractivity contribution in [1.82, 2.24) is 10.3 Å². The van der Waals surface area contributed by atoms with Gasteiger partial charge in [-0.1, -0.05) is 6.07 Å². The first-order valence-electron chi connectivity index (χ1n) is 4.75. The van der Waals surface area contributed by atoms with E-state index in [-0.39, 0.29) is 0 Å². The lowest BCUT2D eigenvalue weighted by molar-refractivity contribution is 0.918. The molecule has 1 aliphatic rings. The lowest BCUT2D eigenvalue weighted by Gasteiger charge is -2.10. The molecule has 0 spiro atoms. The molecule has 0 bridgehead atoms. The number of aryl methyl sites for hydroxylation is 1. The van der Waals surface area contributed by atoms with Crippen molar-refractivity contribution in [3.05, 3.63) is 23.9 Å². The molecule has 1 saturated carbocycles. The van der Waals surface area contributed by atoms with E-state index in [2.05, 4.69) is 15.6 Å². The van der Waals surface area contributed by atoms with Crippen LogP contribution in [0.1, 0.15) is 18.4 Å². The molecule has 1 aliphatic carbocycles. The second-order valence-electron chi connectivity index (χ2n) is 3.54. The van der Waals surface area contributed by atoms with Gasteiger partial charge in [-0.3, -0.25) is 0 Å². The molecule has 4 heteroatoms. The monoisotopic (exact) mass is 207 g/mol. The van der Waals surface area contributed by atoms with Crippen molar-refractivity contribution < 1.29 is 0 Å². The number of hydrogen-bond acceptors (Lipinski definition) is 2. The minimum Gasteiger partial charge on any atom is -0.360 e. The zero-order chi connectivity index (χ0) is 9.97. The van der Waals surface area contributed by atoms with Gasteiger partial charge >= 0.3 is 0 Å². The molecule has 0 unspecified atom stereocenters. The zero-order valence-electron chi connectivity index (χ0n) is 8.08. The fraction of sp³-hybridized carbons (Fsp3) is 0.400. The van der Waals surface area contributed by atoms with Gasteiger partial charge in [0, 0.05) is 12.2 Å². The van der Waals surface area contributed by atoms with Gasteiger partial charge in [0.1, 0.15) is 5.82 Å². The lowest BCUT2D eigenvalue weighted by atomic mass is 10.3. The van der Waals surface area contributed by atoms with Crippen LogP contribution in [0.4, 0.5) is 5.82 Å². The fourth-order valence-corrected chi connectivity index (χ4v) is 1.44. The lowest BCUT2D eigenvalue weighted by Crippen LogP contribution is -2.30. The van der Waals surface area contributed by atoms with E-state index in [0.717, 1.165) is 11.4 Å². The smallest absolute Gasteiger partial charge is 0.172 e. The topological polar surface area (TPSA) is 37.0 Å². The second kappa shape index (κ2) is 3.92. The van der Waals surface area contributed by atoms with Crippen molar-refractivity contribution in [3.8, 4) is 0 Å². The maximum Gasteiger partial charge on any atom is 0.172 e. The number of hydrogen-bond donors (Lipinski definition) is 2. The van der Waals surface area contributed by atoms with E-state index >= 15 is 0 Å². The summed E-state index contributed by atoms with van der Waals surface area (Å²) in [6.45, 7) is 2.01. The molecular formula is C10H13N3S. The Morgan fingerprint density at radius 1 is 1.57 bits per heavy atom.